The van der Waals surface area contributed by atoms with Crippen molar-refractivity contribution in [3.05, 3.63) is 71.8 Å². The first-order valence-corrected chi connectivity index (χ1v) is 16.2. The second-order valence-corrected chi connectivity index (χ2v) is 20.9. The van der Waals surface area contributed by atoms with Gasteiger partial charge in [-0.05, 0) is 0 Å². The summed E-state index contributed by atoms with van der Waals surface area (Å²) in [5.41, 5.74) is 1.74. The first-order chi connectivity index (χ1) is 13.1. The predicted octanol–water partition coefficient (Wildman–Crippen LogP) is 6.43. The number of hydrogen-bond donors (Lipinski definition) is 0. The van der Waals surface area contributed by atoms with E-state index in [9.17, 15) is 0 Å². The topological polar surface area (TPSA) is 37.7 Å². The van der Waals surface area contributed by atoms with Crippen molar-refractivity contribution in [2.45, 2.75) is 0 Å². The number of hydrogen-bond acceptors (Lipinski definition) is 6. The molecule has 0 saturated carbocycles. The summed E-state index contributed by atoms with van der Waals surface area (Å²) in [7, 11) is 3.61. The van der Waals surface area contributed by atoms with Crippen molar-refractivity contribution in [2.24, 2.45) is 9.53 Å². The Balaban J connectivity index is 1.68. The molecule has 1 saturated heterocycles. The zero-order chi connectivity index (χ0) is 20.0. The van der Waals surface area contributed by atoms with Gasteiger partial charge in [-0.3, -0.25) is 0 Å². The molecule has 28 heavy (non-hydrogen) atoms. The second-order valence-electron chi connectivity index (χ2n) is 6.73. The van der Waals surface area contributed by atoms with Crippen molar-refractivity contribution < 1.29 is 0 Å². The van der Waals surface area contributed by atoms with E-state index in [2.05, 4.69) is 0 Å². The van der Waals surface area contributed by atoms with E-state index in [1.807, 2.05) is 60.7 Å². The molecule has 2 aromatic rings. The molecule has 0 atom stereocenters. The van der Waals surface area contributed by atoms with Gasteiger partial charge in [0.25, 0.3) is 0 Å². The summed E-state index contributed by atoms with van der Waals surface area (Å²) in [6.07, 6.45) is 0. The van der Waals surface area contributed by atoms with Gasteiger partial charge in [-0.1, -0.05) is 0 Å². The standard InChI is InChI=1S/C16H16Cl4N6P2/c1-23-15(13-9-5-3-6-10-13)21-27(17,18)25(23)28(19,20)22-16(24(2)26(27)28)14-11-7-4-8-12-14/h3-12H,1-2H3. The first-order valence-electron chi connectivity index (χ1n) is 8.39. The minimum atomic E-state index is -4.05. The fraction of sp³-hybridized carbons (Fsp3) is 0.125. The maximum absolute atomic E-state index is 7.10. The van der Waals surface area contributed by atoms with Crippen LogP contribution in [0.2, 0.25) is 0 Å². The third-order valence-electron chi connectivity index (χ3n) is 4.91. The van der Waals surface area contributed by atoms with Crippen LogP contribution < -0.4 is 0 Å². The molecule has 3 aliphatic rings. The Labute approximate surface area is 182 Å². The number of halogens is 4. The van der Waals surface area contributed by atoms with Crippen molar-refractivity contribution >= 4 is 68.2 Å². The SMILES string of the molecule is CN1C(c2ccccc2)=NP2(Cl)(Cl)N1P1(Cl)(Cl)N=C(c3ccccc3)N(C)N21. The Bertz CT molecular complexity index is 960. The molecule has 6 nitrogen and oxygen atoms in total. The Morgan fingerprint density at radius 3 is 1.25 bits per heavy atom. The molecule has 3 heterocycles. The van der Waals surface area contributed by atoms with Crippen LogP contribution >= 0.6 is 56.5 Å². The Kier molecular flexibility index (Phi) is 3.80. The monoisotopic (exact) mass is 494 g/mol. The quantitative estimate of drug-likeness (QED) is 0.450. The predicted molar refractivity (Wildman–Crippen MR) is 122 cm³/mol. The zero-order valence-electron chi connectivity index (χ0n) is 14.9. The van der Waals surface area contributed by atoms with E-state index in [1.54, 1.807) is 33.2 Å². The molecule has 0 N–H and O–H groups in total. The van der Waals surface area contributed by atoms with Crippen LogP contribution in [-0.2, 0) is 0 Å². The van der Waals surface area contributed by atoms with Gasteiger partial charge in [-0.2, -0.15) is 0 Å². The van der Waals surface area contributed by atoms with Crippen LogP contribution in [0.1, 0.15) is 11.1 Å². The maximum atomic E-state index is 7.10. The average Bonchev–Trinajstić information content (AvgIpc) is 2.99. The van der Waals surface area contributed by atoms with Gasteiger partial charge in [0.15, 0.2) is 0 Å². The summed E-state index contributed by atoms with van der Waals surface area (Å²) in [5, 5.41) is 3.49. The van der Waals surface area contributed by atoms with Gasteiger partial charge in [0.1, 0.15) is 0 Å². The number of nitrogens with zero attached hydrogens (tertiary/aromatic N) is 6. The fourth-order valence-electron chi connectivity index (χ4n) is 3.92. The third kappa shape index (κ3) is 2.16. The summed E-state index contributed by atoms with van der Waals surface area (Å²) in [5.74, 6) is -6.90. The summed E-state index contributed by atoms with van der Waals surface area (Å²) in [6, 6.07) is 19.3. The van der Waals surface area contributed by atoms with E-state index < -0.39 is 11.5 Å². The van der Waals surface area contributed by atoms with E-state index in [-0.39, 0.29) is 0 Å². The Hall–Kier alpha value is -0.680. The molecular formula is C16H16Cl4N6P2. The third-order valence-corrected chi connectivity index (χ3v) is 20.3. The molecule has 3 aliphatic heterocycles. The fourth-order valence-corrected chi connectivity index (χ4v) is 27.5. The van der Waals surface area contributed by atoms with Crippen molar-refractivity contribution in [3.8, 4) is 0 Å². The normalized spacial score (nSPS) is 29.2. The van der Waals surface area contributed by atoms with Crippen LogP contribution in [0.15, 0.2) is 70.2 Å². The molecule has 2 aromatic carbocycles. The number of amidine groups is 2. The van der Waals surface area contributed by atoms with E-state index >= 15 is 0 Å². The van der Waals surface area contributed by atoms with Crippen LogP contribution in [0, 0.1) is 0 Å². The number of benzene rings is 2. The molecule has 0 bridgehead atoms. The van der Waals surface area contributed by atoms with Crippen LogP contribution in [0.3, 0.4) is 0 Å². The van der Waals surface area contributed by atoms with Crippen LogP contribution in [0.5, 0.6) is 0 Å². The van der Waals surface area contributed by atoms with Crippen molar-refractivity contribution in [1.29, 1.82) is 0 Å². The van der Waals surface area contributed by atoms with Crippen molar-refractivity contribution in [3.63, 3.8) is 0 Å². The molecule has 0 aromatic heterocycles. The molecule has 5 rings (SSSR count). The molecular weight excluding hydrogens is 480 g/mol. The molecule has 12 heteroatoms. The zero-order valence-corrected chi connectivity index (χ0v) is 19.7. The number of hydrazine groups is 2. The number of rotatable bonds is 2. The molecule has 148 valence electrons. The first kappa shape index (κ1) is 19.3. The van der Waals surface area contributed by atoms with E-state index in [0.29, 0.717) is 11.7 Å². The number of fused-ring (bicyclic) bond motifs is 4. The molecule has 0 amide bonds. The summed E-state index contributed by atoms with van der Waals surface area (Å²) < 4.78 is 12.8. The van der Waals surface area contributed by atoms with E-state index in [0.717, 1.165) is 11.1 Å². The van der Waals surface area contributed by atoms with E-state index in [1.165, 1.54) is 0 Å². The minimum absolute atomic E-state index is 0.604. The summed E-state index contributed by atoms with van der Waals surface area (Å²) in [6.45, 7) is 0. The van der Waals surface area contributed by atoms with Crippen LogP contribution in [0.4, 0.5) is 0 Å². The Morgan fingerprint density at radius 2 is 0.929 bits per heavy atom. The second kappa shape index (κ2) is 5.51. The average molecular weight is 496 g/mol. The van der Waals surface area contributed by atoms with Gasteiger partial charge in [0.05, 0.1) is 0 Å². The van der Waals surface area contributed by atoms with Crippen LogP contribution in [-0.4, -0.2) is 44.9 Å². The molecule has 0 aliphatic carbocycles. The van der Waals surface area contributed by atoms with Gasteiger partial charge in [-0.15, -0.1) is 0 Å². The van der Waals surface area contributed by atoms with Gasteiger partial charge >= 0.3 is 183 Å². The Morgan fingerprint density at radius 1 is 0.607 bits per heavy atom. The van der Waals surface area contributed by atoms with E-state index in [4.69, 9.17) is 54.5 Å². The van der Waals surface area contributed by atoms with Crippen molar-refractivity contribution in [1.82, 2.24) is 19.1 Å². The molecule has 0 radical (unpaired) electrons. The van der Waals surface area contributed by atoms with Gasteiger partial charge in [0, 0.05) is 0 Å². The van der Waals surface area contributed by atoms with Crippen LogP contribution in [0.25, 0.3) is 0 Å². The molecule has 0 unspecified atom stereocenters. The summed E-state index contributed by atoms with van der Waals surface area (Å²) >= 11 is 28.4. The molecule has 1 fully saturated rings. The summed E-state index contributed by atoms with van der Waals surface area (Å²) in [4.78, 5) is 0. The van der Waals surface area contributed by atoms with Crippen molar-refractivity contribution in [2.75, 3.05) is 14.1 Å². The molecule has 0 spiro atoms. The van der Waals surface area contributed by atoms with Gasteiger partial charge in [0.2, 0.25) is 0 Å². The van der Waals surface area contributed by atoms with Gasteiger partial charge < -0.3 is 0 Å². The van der Waals surface area contributed by atoms with Gasteiger partial charge in [-0.25, -0.2) is 0 Å².